The third-order valence-corrected chi connectivity index (χ3v) is 2.09. The van der Waals surface area contributed by atoms with Crippen LogP contribution in [0.3, 0.4) is 0 Å². The summed E-state index contributed by atoms with van der Waals surface area (Å²) in [6, 6.07) is 0. The van der Waals surface area contributed by atoms with Gasteiger partial charge in [-0.2, -0.15) is 0 Å². The highest BCUT2D eigenvalue weighted by molar-refractivity contribution is 9.09. The Bertz CT molecular complexity index is 61.1. The van der Waals surface area contributed by atoms with Crippen LogP contribution in [0.2, 0.25) is 0 Å². The van der Waals surface area contributed by atoms with Gasteiger partial charge in [0.1, 0.15) is 0 Å². The summed E-state index contributed by atoms with van der Waals surface area (Å²) >= 11 is 8.93. The van der Waals surface area contributed by atoms with Gasteiger partial charge in [0.15, 0.2) is 0 Å². The van der Waals surface area contributed by atoms with Gasteiger partial charge in [0.2, 0.25) is 0 Å². The van der Waals surface area contributed by atoms with Crippen LogP contribution in [0.15, 0.2) is 12.7 Å². The molecule has 0 aromatic heterocycles. The quantitative estimate of drug-likeness (QED) is 0.456. The maximum Gasteiger partial charge on any atom is 0.0635 e. The predicted octanol–water partition coefficient (Wildman–Crippen LogP) is 2.56. The van der Waals surface area contributed by atoms with E-state index in [0.29, 0.717) is 4.83 Å². The zero-order valence-corrected chi connectivity index (χ0v) is 6.54. The van der Waals surface area contributed by atoms with Crippen LogP contribution in [-0.4, -0.2) is 10.2 Å². The Hall–Kier alpha value is 0.510. The maximum absolute atomic E-state index is 5.64. The average Bonchev–Trinajstić information content (AvgIpc) is 1.65. The number of hydrogen-bond acceptors (Lipinski definition) is 0. The molecule has 2 atom stereocenters. The van der Waals surface area contributed by atoms with E-state index >= 15 is 0 Å². The van der Waals surface area contributed by atoms with Crippen molar-refractivity contribution in [3.63, 3.8) is 0 Å². The molecule has 0 radical (unpaired) electrons. The Labute approximate surface area is 57.7 Å². The van der Waals surface area contributed by atoms with E-state index < -0.39 is 0 Å². The van der Waals surface area contributed by atoms with Crippen LogP contribution in [0.5, 0.6) is 0 Å². The van der Waals surface area contributed by atoms with Gasteiger partial charge < -0.3 is 0 Å². The molecule has 2 heteroatoms. The molecule has 0 saturated carbocycles. The van der Waals surface area contributed by atoms with E-state index in [1.54, 1.807) is 6.08 Å². The van der Waals surface area contributed by atoms with E-state index in [4.69, 9.17) is 11.6 Å². The minimum Gasteiger partial charge on any atom is -0.117 e. The Morgan fingerprint density at radius 3 is 2.29 bits per heavy atom. The van der Waals surface area contributed by atoms with Crippen molar-refractivity contribution in [3.05, 3.63) is 12.7 Å². The first-order valence-electron chi connectivity index (χ1n) is 2.09. The van der Waals surface area contributed by atoms with Crippen LogP contribution in [0.25, 0.3) is 0 Å². The predicted molar refractivity (Wildman–Crippen MR) is 38.2 cm³/mol. The standard InChI is InChI=1S/C5H8BrCl/c1-3-5(7)4(2)6/h3-5H,1H2,2H3. The summed E-state index contributed by atoms with van der Waals surface area (Å²) in [7, 11) is 0. The van der Waals surface area contributed by atoms with Crippen LogP contribution >= 0.6 is 27.5 Å². The van der Waals surface area contributed by atoms with Crippen LogP contribution in [0.1, 0.15) is 6.92 Å². The maximum atomic E-state index is 5.64. The molecule has 0 bridgehead atoms. The van der Waals surface area contributed by atoms with Gasteiger partial charge in [-0.15, -0.1) is 18.2 Å². The van der Waals surface area contributed by atoms with Gasteiger partial charge in [0.05, 0.1) is 5.38 Å². The molecule has 0 saturated heterocycles. The summed E-state index contributed by atoms with van der Waals surface area (Å²) in [6.45, 7) is 5.51. The largest absolute Gasteiger partial charge is 0.117 e. The van der Waals surface area contributed by atoms with E-state index in [0.717, 1.165) is 0 Å². The highest BCUT2D eigenvalue weighted by Gasteiger charge is 2.03. The molecule has 0 aromatic rings. The van der Waals surface area contributed by atoms with Crippen molar-refractivity contribution in [1.82, 2.24) is 0 Å². The highest BCUT2D eigenvalue weighted by Crippen LogP contribution is 2.10. The van der Waals surface area contributed by atoms with Crippen LogP contribution < -0.4 is 0 Å². The molecule has 0 fully saturated rings. The van der Waals surface area contributed by atoms with Gasteiger partial charge in [-0.25, -0.2) is 0 Å². The lowest BCUT2D eigenvalue weighted by atomic mass is 10.3. The van der Waals surface area contributed by atoms with E-state index in [1.807, 2.05) is 6.92 Å². The first-order valence-corrected chi connectivity index (χ1v) is 3.44. The third kappa shape index (κ3) is 3.12. The molecular formula is C5H8BrCl. The molecule has 0 aliphatic heterocycles. The molecule has 0 nitrogen and oxygen atoms in total. The van der Waals surface area contributed by atoms with Crippen molar-refractivity contribution < 1.29 is 0 Å². The molecule has 42 valence electrons. The van der Waals surface area contributed by atoms with Crippen molar-refractivity contribution in [2.24, 2.45) is 0 Å². The molecule has 0 spiro atoms. The van der Waals surface area contributed by atoms with Gasteiger partial charge in [-0.3, -0.25) is 0 Å². The Morgan fingerprint density at radius 1 is 1.86 bits per heavy atom. The molecule has 2 unspecified atom stereocenters. The molecule has 0 N–H and O–H groups in total. The fourth-order valence-corrected chi connectivity index (χ4v) is 0.403. The van der Waals surface area contributed by atoms with Gasteiger partial charge in [-0.1, -0.05) is 28.9 Å². The van der Waals surface area contributed by atoms with Gasteiger partial charge in [0, 0.05) is 4.83 Å². The second kappa shape index (κ2) is 3.50. The van der Waals surface area contributed by atoms with E-state index in [-0.39, 0.29) is 5.38 Å². The van der Waals surface area contributed by atoms with Crippen molar-refractivity contribution in [2.45, 2.75) is 17.1 Å². The second-order valence-electron chi connectivity index (χ2n) is 1.36. The highest BCUT2D eigenvalue weighted by atomic mass is 79.9. The van der Waals surface area contributed by atoms with Crippen molar-refractivity contribution in [3.8, 4) is 0 Å². The minimum atomic E-state index is 0.0556. The molecule has 0 aliphatic carbocycles. The second-order valence-corrected chi connectivity index (χ2v) is 3.31. The van der Waals surface area contributed by atoms with Crippen LogP contribution in [0, 0.1) is 0 Å². The van der Waals surface area contributed by atoms with Crippen molar-refractivity contribution in [2.75, 3.05) is 0 Å². The summed E-state index contributed by atoms with van der Waals surface area (Å²) in [4.78, 5) is 0.326. The van der Waals surface area contributed by atoms with Crippen LogP contribution in [-0.2, 0) is 0 Å². The number of alkyl halides is 2. The summed E-state index contributed by atoms with van der Waals surface area (Å²) in [6.07, 6.45) is 1.71. The summed E-state index contributed by atoms with van der Waals surface area (Å²) in [5, 5.41) is 0.0556. The van der Waals surface area contributed by atoms with E-state index in [9.17, 15) is 0 Å². The Morgan fingerprint density at radius 2 is 2.29 bits per heavy atom. The summed E-state index contributed by atoms with van der Waals surface area (Å²) < 4.78 is 0. The lowest BCUT2D eigenvalue weighted by molar-refractivity contribution is 1.01. The fraction of sp³-hybridized carbons (Fsp3) is 0.600. The zero-order chi connectivity index (χ0) is 5.86. The zero-order valence-electron chi connectivity index (χ0n) is 4.20. The third-order valence-electron chi connectivity index (χ3n) is 0.664. The van der Waals surface area contributed by atoms with Crippen LogP contribution in [0.4, 0.5) is 0 Å². The van der Waals surface area contributed by atoms with Gasteiger partial charge in [-0.05, 0) is 0 Å². The Balaban J connectivity index is 3.33. The number of allylic oxidation sites excluding steroid dienone is 1. The lowest BCUT2D eigenvalue weighted by Crippen LogP contribution is -2.04. The fourth-order valence-electron chi connectivity index (χ4n) is 0.188. The molecular weight excluding hydrogens is 175 g/mol. The van der Waals surface area contributed by atoms with Crippen molar-refractivity contribution >= 4 is 27.5 Å². The van der Waals surface area contributed by atoms with Gasteiger partial charge in [0.25, 0.3) is 0 Å². The number of rotatable bonds is 2. The first kappa shape index (κ1) is 7.51. The summed E-state index contributed by atoms with van der Waals surface area (Å²) in [5.41, 5.74) is 0. The molecule has 0 rings (SSSR count). The SMILES string of the molecule is C=CC(Cl)C(C)Br. The van der Waals surface area contributed by atoms with Gasteiger partial charge >= 0.3 is 0 Å². The van der Waals surface area contributed by atoms with E-state index in [2.05, 4.69) is 22.5 Å². The average molecular weight is 183 g/mol. The summed E-state index contributed by atoms with van der Waals surface area (Å²) in [5.74, 6) is 0. The molecule has 0 aromatic carbocycles. The topological polar surface area (TPSA) is 0 Å². The molecule has 0 amide bonds. The first-order chi connectivity index (χ1) is 3.18. The molecule has 7 heavy (non-hydrogen) atoms. The van der Waals surface area contributed by atoms with E-state index in [1.165, 1.54) is 0 Å². The number of hydrogen-bond donors (Lipinski definition) is 0. The van der Waals surface area contributed by atoms with Crippen molar-refractivity contribution in [1.29, 1.82) is 0 Å². The lowest BCUT2D eigenvalue weighted by Gasteiger charge is -2.02. The molecule has 0 aliphatic rings. The Kier molecular flexibility index (Phi) is 3.76. The monoisotopic (exact) mass is 182 g/mol. The number of halogens is 2. The minimum absolute atomic E-state index is 0.0556. The molecule has 0 heterocycles. The smallest absolute Gasteiger partial charge is 0.0635 e. The normalized spacial score (nSPS) is 18.1.